The molecule has 23 heteroatoms. The van der Waals surface area contributed by atoms with Gasteiger partial charge in [-0.25, -0.2) is 14.6 Å². The second kappa shape index (κ2) is 41.6. The molecule has 7 unspecified atom stereocenters. The van der Waals surface area contributed by atoms with Crippen LogP contribution in [0.4, 0.5) is 5.82 Å². The van der Waals surface area contributed by atoms with Crippen molar-refractivity contribution in [2.45, 2.75) is 314 Å². The van der Waals surface area contributed by atoms with Gasteiger partial charge in [0.05, 0.1) is 65.3 Å². The van der Waals surface area contributed by atoms with E-state index >= 15 is 9.59 Å². The summed E-state index contributed by atoms with van der Waals surface area (Å²) in [7, 11) is 0. The molecule has 3 saturated heterocycles. The predicted octanol–water partition coefficient (Wildman–Crippen LogP) is 18.0. The van der Waals surface area contributed by atoms with Crippen LogP contribution in [-0.4, -0.2) is 140 Å². The van der Waals surface area contributed by atoms with Crippen LogP contribution in [0.5, 0.6) is 0 Å². The number of carboxylic acids is 1. The van der Waals surface area contributed by atoms with Crippen molar-refractivity contribution in [3.05, 3.63) is 33.7 Å². The van der Waals surface area contributed by atoms with E-state index < -0.39 is 40.8 Å². The zero-order chi connectivity index (χ0) is 83.1. The van der Waals surface area contributed by atoms with Gasteiger partial charge in [-0.1, -0.05) is 159 Å². The van der Waals surface area contributed by atoms with E-state index in [1.54, 1.807) is 13.0 Å². The van der Waals surface area contributed by atoms with Crippen molar-refractivity contribution in [1.82, 2.24) is 10.3 Å². The van der Waals surface area contributed by atoms with Gasteiger partial charge in [-0.3, -0.25) is 28.8 Å². The largest absolute Gasteiger partial charge is 0.481 e. The first-order chi connectivity index (χ1) is 50.1. The maximum atomic E-state index is 15.5. The SMILES string of the molecule is CC(=O)O.CCC(C)(C)C(=O)OCC1(C)COC1.CCC(C)(C)C(=O)OCC1CO1.CCC(C)(C)C(=O)OCCSC(C)C(=O)NC1=NC(=Cc2[n-]c(NC(=O)CCCCC3CO3)c(C(=O)OC3C(C(C)(C)C)CC(C)CC3C(C)(C)C)c2C(C)C)C(C(C)C)=C1C(=O)OC1C(C(C)(C)C)CC(C)CC1C(C)(C)C.[Zn]. The number of epoxide rings is 2. The third-order valence-electron chi connectivity index (χ3n) is 22.7. The molecule has 1 aromatic rings. The van der Waals surface area contributed by atoms with E-state index in [0.29, 0.717) is 79.4 Å². The number of anilines is 1. The number of hydrogen-bond donors (Lipinski definition) is 3. The van der Waals surface area contributed by atoms with Gasteiger partial charge in [0.2, 0.25) is 5.91 Å². The number of aliphatic carboxylic acids is 1. The molecule has 7 rings (SSSR count). The van der Waals surface area contributed by atoms with Gasteiger partial charge in [-0.15, -0.1) is 11.8 Å². The summed E-state index contributed by atoms with van der Waals surface area (Å²) in [4.78, 5) is 114. The second-order valence-electron chi connectivity index (χ2n) is 39.1. The summed E-state index contributed by atoms with van der Waals surface area (Å²) in [5.74, 6) is -1.90. The van der Waals surface area contributed by atoms with E-state index in [1.807, 2.05) is 90.0 Å². The molecule has 5 heterocycles. The molecule has 4 aliphatic heterocycles. The predicted molar refractivity (Wildman–Crippen MR) is 433 cm³/mol. The van der Waals surface area contributed by atoms with Crippen LogP contribution in [0.1, 0.15) is 306 Å². The zero-order valence-corrected chi connectivity index (χ0v) is 77.3. The van der Waals surface area contributed by atoms with Crippen molar-refractivity contribution in [3.8, 4) is 0 Å². The fourth-order valence-corrected chi connectivity index (χ4v) is 14.8. The summed E-state index contributed by atoms with van der Waals surface area (Å²) >= 11 is 1.34. The third kappa shape index (κ3) is 30.0. The zero-order valence-electron chi connectivity index (χ0n) is 73.5. The molecular formula is C87H145N4O17SZn-. The van der Waals surface area contributed by atoms with Crippen molar-refractivity contribution in [3.63, 3.8) is 0 Å². The number of unbranched alkanes of at least 4 members (excludes halogenated alkanes) is 1. The Bertz CT molecular complexity index is 3290. The van der Waals surface area contributed by atoms with Crippen LogP contribution >= 0.6 is 11.8 Å². The van der Waals surface area contributed by atoms with E-state index in [1.165, 1.54) is 11.8 Å². The number of carbonyl (C=O) groups is 8. The van der Waals surface area contributed by atoms with Gasteiger partial charge in [-0.05, 0) is 180 Å². The molecule has 0 spiro atoms. The minimum Gasteiger partial charge on any atom is -0.481 e. The van der Waals surface area contributed by atoms with Gasteiger partial charge in [0.1, 0.15) is 55.4 Å². The summed E-state index contributed by atoms with van der Waals surface area (Å²) in [5, 5.41) is 12.9. The number of allylic oxidation sites excluding steroid dienone is 1. The standard InChI is InChI=1S/C65H106N4O9S.C11H20O3.C9H16O3.C2H4O2.Zn/c1-23-65(21,22)60(74)75-28-29-79-40(8)57(71)69-56-52(59(73)78-54-44(63(15,16)17)32-39(7)33-45(54)64(18,19)20)50(37(4)5)47(67-56)34-46-49(36(2)3)51(55(66-46)68-48(70)27-25-24-26-41-35-76-41)58(72)77-53-42(61(9,10)11)30-38(6)31-43(53)62(12,13)14;1-5-10(2,3)9(12)14-8-11(4)6-13-7-11;1-4-9(2,3)8(10)12-6-7-5-11-7;1-2(3)4;/h34,36-45,53-54H,23-33,35H2,1-22H3,(H3,66,67,68,69,70,71,72,73);5-8H2,1-4H3;7H,4-6H2,1-3H3;1H3,(H,3,4);/p-1. The fraction of sp³-hybridized carbons (Fsp3) is 0.805. The summed E-state index contributed by atoms with van der Waals surface area (Å²) < 4.78 is 45.2. The second-order valence-corrected chi connectivity index (χ2v) is 40.5. The minimum absolute atomic E-state index is 0. The first-order valence-corrected chi connectivity index (χ1v) is 41.5. The third-order valence-corrected chi connectivity index (χ3v) is 23.8. The minimum atomic E-state index is -0.833. The number of carbonyl (C=O) groups excluding carboxylic acids is 7. The molecule has 2 aliphatic carbocycles. The summed E-state index contributed by atoms with van der Waals surface area (Å²) in [6, 6.07) is 0. The van der Waals surface area contributed by atoms with Gasteiger partial charge in [0, 0.05) is 67.7 Å². The molecular weight excluding hydrogens is 1470 g/mol. The normalized spacial score (nSPS) is 23.9. The molecule has 0 bridgehead atoms. The van der Waals surface area contributed by atoms with Crippen LogP contribution in [0.2, 0.25) is 0 Å². The van der Waals surface area contributed by atoms with Crippen LogP contribution in [-0.2, 0) is 90.9 Å². The number of amidine groups is 1. The summed E-state index contributed by atoms with van der Waals surface area (Å²) in [6.45, 7) is 65.3. The molecule has 110 heavy (non-hydrogen) atoms. The van der Waals surface area contributed by atoms with Crippen LogP contribution in [0, 0.1) is 84.7 Å². The fourth-order valence-electron chi connectivity index (χ4n) is 14.1. The summed E-state index contributed by atoms with van der Waals surface area (Å²) in [5.41, 5.74) is 0.403. The Morgan fingerprint density at radius 2 is 1.05 bits per heavy atom. The van der Waals surface area contributed by atoms with Crippen molar-refractivity contribution >= 4 is 77.1 Å². The number of esters is 5. The van der Waals surface area contributed by atoms with Gasteiger partial charge in [0.15, 0.2) is 0 Å². The summed E-state index contributed by atoms with van der Waals surface area (Å²) in [6.07, 6.45) is 9.92. The molecule has 2 saturated carbocycles. The number of hydrogen-bond acceptors (Lipinski definition) is 18. The van der Waals surface area contributed by atoms with E-state index in [-0.39, 0.29) is 171 Å². The number of amides is 2. The Balaban J connectivity index is 0.000000833. The maximum absolute atomic E-state index is 15.5. The van der Waals surface area contributed by atoms with Crippen LogP contribution in [0.25, 0.3) is 6.08 Å². The maximum Gasteiger partial charge on any atom is 0.342 e. The quantitative estimate of drug-likeness (QED) is 0.0231. The Labute approximate surface area is 679 Å². The Hall–Kier alpha value is -4.96. The van der Waals surface area contributed by atoms with E-state index in [4.69, 9.17) is 57.8 Å². The molecule has 624 valence electrons. The van der Waals surface area contributed by atoms with E-state index in [9.17, 15) is 24.0 Å². The number of nitrogens with zero attached hydrogens (tertiary/aromatic N) is 2. The Kier molecular flexibility index (Phi) is 37.5. The van der Waals surface area contributed by atoms with Crippen molar-refractivity contribution in [2.75, 3.05) is 57.3 Å². The number of aromatic nitrogens is 1. The average molecular weight is 1620 g/mol. The number of carboxylic acid groups (broad SMARTS) is 1. The van der Waals surface area contributed by atoms with Gasteiger partial charge in [-0.2, -0.15) is 0 Å². The number of thioether (sulfide) groups is 1. The molecule has 2 amide bonds. The monoisotopic (exact) mass is 1610 g/mol. The topological polar surface area (TPSA) is 288 Å². The molecule has 0 radical (unpaired) electrons. The van der Waals surface area contributed by atoms with Crippen LogP contribution < -0.4 is 15.6 Å². The van der Waals surface area contributed by atoms with Gasteiger partial charge < -0.3 is 58.6 Å². The molecule has 7 atom stereocenters. The first kappa shape index (κ1) is 99.2. The van der Waals surface area contributed by atoms with Gasteiger partial charge >= 0.3 is 29.8 Å². The van der Waals surface area contributed by atoms with E-state index in [0.717, 1.165) is 71.5 Å². The molecule has 0 aromatic carbocycles. The number of aliphatic imine (C=N–C) groups is 1. The first-order valence-electron chi connectivity index (χ1n) is 40.5. The van der Waals surface area contributed by atoms with Crippen LogP contribution in [0.3, 0.4) is 0 Å². The van der Waals surface area contributed by atoms with E-state index in [2.05, 4.69) is 114 Å². The Morgan fingerprint density at radius 3 is 1.45 bits per heavy atom. The molecule has 5 fully saturated rings. The number of rotatable bonds is 28. The number of ether oxygens (including phenoxy) is 8. The van der Waals surface area contributed by atoms with Crippen molar-refractivity contribution in [2.24, 2.45) is 89.7 Å². The van der Waals surface area contributed by atoms with Crippen molar-refractivity contribution in [1.29, 1.82) is 0 Å². The Morgan fingerprint density at radius 1 is 0.627 bits per heavy atom. The van der Waals surface area contributed by atoms with Gasteiger partial charge in [0.25, 0.3) is 5.97 Å². The van der Waals surface area contributed by atoms with Crippen molar-refractivity contribution < 1.29 is 101 Å². The molecule has 1 aromatic heterocycles. The molecule has 3 N–H and O–H groups in total. The van der Waals surface area contributed by atoms with Crippen LogP contribution in [0.15, 0.2) is 21.8 Å². The number of nitrogens with one attached hydrogen (secondary N) is 2. The smallest absolute Gasteiger partial charge is 0.342 e. The average Bonchev–Trinajstić information content (AvgIpc) is 1.34. The molecule has 21 nitrogen and oxygen atoms in total. The molecule has 6 aliphatic rings.